The highest BCUT2D eigenvalue weighted by atomic mass is 16.5. The normalized spacial score (nSPS) is 14.4. The molecule has 0 aromatic heterocycles. The fraction of sp³-hybridized carbons (Fsp3) is 0.364. The first-order chi connectivity index (χ1) is 7.07. The zero-order valence-corrected chi connectivity index (χ0v) is 8.68. The maximum Gasteiger partial charge on any atom is 0.337 e. The summed E-state index contributed by atoms with van der Waals surface area (Å²) in [6.07, 6.45) is -2.80. The zero-order valence-electron chi connectivity index (χ0n) is 8.68. The van der Waals surface area contributed by atoms with E-state index in [-0.39, 0.29) is 0 Å². The SMILES string of the molecule is COC(=O)C(O)C(O)c1ccccc1C. The summed E-state index contributed by atoms with van der Waals surface area (Å²) in [4.78, 5) is 11.0. The number of aliphatic hydroxyl groups is 2. The number of hydrogen-bond donors (Lipinski definition) is 2. The van der Waals surface area contributed by atoms with Crippen LogP contribution < -0.4 is 0 Å². The Bertz CT molecular complexity index is 348. The van der Waals surface area contributed by atoms with Crippen molar-refractivity contribution >= 4 is 5.97 Å². The molecule has 0 aliphatic heterocycles. The van der Waals surface area contributed by atoms with Gasteiger partial charge in [-0.2, -0.15) is 0 Å². The lowest BCUT2D eigenvalue weighted by atomic mass is 10.00. The lowest BCUT2D eigenvalue weighted by molar-refractivity contribution is -0.156. The number of aliphatic hydroxyl groups excluding tert-OH is 2. The third kappa shape index (κ3) is 2.55. The van der Waals surface area contributed by atoms with Crippen molar-refractivity contribution < 1.29 is 19.7 Å². The average Bonchev–Trinajstić information content (AvgIpc) is 2.26. The van der Waals surface area contributed by atoms with Crippen molar-refractivity contribution in [2.75, 3.05) is 7.11 Å². The lowest BCUT2D eigenvalue weighted by Gasteiger charge is -2.17. The van der Waals surface area contributed by atoms with E-state index in [4.69, 9.17) is 0 Å². The van der Waals surface area contributed by atoms with E-state index < -0.39 is 18.2 Å². The van der Waals surface area contributed by atoms with Crippen LogP contribution in [0.4, 0.5) is 0 Å². The van der Waals surface area contributed by atoms with Crippen molar-refractivity contribution in [2.45, 2.75) is 19.1 Å². The van der Waals surface area contributed by atoms with Gasteiger partial charge in [0.2, 0.25) is 0 Å². The Kier molecular flexibility index (Phi) is 3.82. The van der Waals surface area contributed by atoms with Crippen LogP contribution in [0.15, 0.2) is 24.3 Å². The number of hydrogen-bond acceptors (Lipinski definition) is 4. The Morgan fingerprint density at radius 3 is 2.47 bits per heavy atom. The molecule has 0 aliphatic carbocycles. The maximum atomic E-state index is 11.0. The molecule has 1 rings (SSSR count). The van der Waals surface area contributed by atoms with Crippen LogP contribution >= 0.6 is 0 Å². The van der Waals surface area contributed by atoms with Gasteiger partial charge in [0.05, 0.1) is 7.11 Å². The first kappa shape index (κ1) is 11.7. The fourth-order valence-corrected chi connectivity index (χ4v) is 1.34. The van der Waals surface area contributed by atoms with Crippen LogP contribution in [0.3, 0.4) is 0 Å². The summed E-state index contributed by atoms with van der Waals surface area (Å²) >= 11 is 0. The Labute approximate surface area is 88.1 Å². The van der Waals surface area contributed by atoms with Gasteiger partial charge in [-0.1, -0.05) is 24.3 Å². The minimum Gasteiger partial charge on any atom is -0.467 e. The van der Waals surface area contributed by atoms with Crippen molar-refractivity contribution in [2.24, 2.45) is 0 Å². The Hall–Kier alpha value is -1.39. The van der Waals surface area contributed by atoms with Crippen LogP contribution in [-0.4, -0.2) is 29.4 Å². The van der Waals surface area contributed by atoms with E-state index in [0.717, 1.165) is 12.7 Å². The highest BCUT2D eigenvalue weighted by molar-refractivity contribution is 5.75. The quantitative estimate of drug-likeness (QED) is 0.715. The van der Waals surface area contributed by atoms with Crippen molar-refractivity contribution in [3.05, 3.63) is 35.4 Å². The molecule has 0 fully saturated rings. The number of methoxy groups -OCH3 is 1. The number of ether oxygens (including phenoxy) is 1. The molecule has 2 atom stereocenters. The molecule has 2 N–H and O–H groups in total. The van der Waals surface area contributed by atoms with Gasteiger partial charge >= 0.3 is 5.97 Å². The molecule has 2 unspecified atom stereocenters. The monoisotopic (exact) mass is 210 g/mol. The second kappa shape index (κ2) is 4.91. The number of esters is 1. The van der Waals surface area contributed by atoms with Gasteiger partial charge in [0, 0.05) is 0 Å². The zero-order chi connectivity index (χ0) is 11.4. The Morgan fingerprint density at radius 2 is 1.93 bits per heavy atom. The van der Waals surface area contributed by atoms with Gasteiger partial charge in [0.25, 0.3) is 0 Å². The van der Waals surface area contributed by atoms with Gasteiger partial charge in [-0.3, -0.25) is 0 Å². The molecule has 0 bridgehead atoms. The molecule has 0 saturated carbocycles. The third-order valence-corrected chi connectivity index (χ3v) is 2.25. The number of carbonyl (C=O) groups is 1. The van der Waals surface area contributed by atoms with Crippen LogP contribution in [0.2, 0.25) is 0 Å². The Balaban J connectivity index is 2.89. The van der Waals surface area contributed by atoms with E-state index in [0.29, 0.717) is 5.56 Å². The molecule has 0 aliphatic rings. The van der Waals surface area contributed by atoms with Gasteiger partial charge in [-0.25, -0.2) is 4.79 Å². The van der Waals surface area contributed by atoms with Crippen molar-refractivity contribution in [1.29, 1.82) is 0 Å². The van der Waals surface area contributed by atoms with Gasteiger partial charge < -0.3 is 14.9 Å². The van der Waals surface area contributed by atoms with E-state index in [9.17, 15) is 15.0 Å². The number of carbonyl (C=O) groups excluding carboxylic acids is 1. The van der Waals surface area contributed by atoms with Crippen LogP contribution in [0.1, 0.15) is 17.2 Å². The Morgan fingerprint density at radius 1 is 1.33 bits per heavy atom. The van der Waals surface area contributed by atoms with E-state index in [1.54, 1.807) is 25.1 Å². The number of benzene rings is 1. The first-order valence-electron chi connectivity index (χ1n) is 4.57. The summed E-state index contributed by atoms with van der Waals surface area (Å²) in [5, 5.41) is 19.2. The molecular weight excluding hydrogens is 196 g/mol. The van der Waals surface area contributed by atoms with Crippen LogP contribution in [0, 0.1) is 6.92 Å². The minimum atomic E-state index is -1.55. The average molecular weight is 210 g/mol. The van der Waals surface area contributed by atoms with Crippen molar-refractivity contribution in [3.8, 4) is 0 Å². The summed E-state index contributed by atoms with van der Waals surface area (Å²) in [6, 6.07) is 7.00. The van der Waals surface area contributed by atoms with E-state index in [2.05, 4.69) is 4.74 Å². The predicted molar refractivity (Wildman–Crippen MR) is 54.2 cm³/mol. The standard InChI is InChI=1S/C11H14O4/c1-7-5-3-4-6-8(7)9(12)10(13)11(14)15-2/h3-6,9-10,12-13H,1-2H3. The lowest BCUT2D eigenvalue weighted by Crippen LogP contribution is -2.29. The third-order valence-electron chi connectivity index (χ3n) is 2.25. The van der Waals surface area contributed by atoms with Gasteiger partial charge in [0.1, 0.15) is 6.10 Å². The molecule has 0 radical (unpaired) electrons. The summed E-state index contributed by atoms with van der Waals surface area (Å²) in [5.41, 5.74) is 1.34. The largest absolute Gasteiger partial charge is 0.467 e. The molecule has 82 valence electrons. The smallest absolute Gasteiger partial charge is 0.337 e. The topological polar surface area (TPSA) is 66.8 Å². The van der Waals surface area contributed by atoms with E-state index >= 15 is 0 Å². The van der Waals surface area contributed by atoms with Crippen LogP contribution in [-0.2, 0) is 9.53 Å². The molecule has 1 aromatic carbocycles. The van der Waals surface area contributed by atoms with Gasteiger partial charge in [-0.15, -0.1) is 0 Å². The molecule has 4 nitrogen and oxygen atoms in total. The molecule has 0 spiro atoms. The molecule has 15 heavy (non-hydrogen) atoms. The maximum absolute atomic E-state index is 11.0. The highest BCUT2D eigenvalue weighted by Crippen LogP contribution is 2.20. The molecular formula is C11H14O4. The van der Waals surface area contributed by atoms with E-state index in [1.807, 2.05) is 6.07 Å². The fourth-order valence-electron chi connectivity index (χ4n) is 1.34. The number of aryl methyl sites for hydroxylation is 1. The van der Waals surface area contributed by atoms with Crippen LogP contribution in [0.25, 0.3) is 0 Å². The number of rotatable bonds is 3. The second-order valence-corrected chi connectivity index (χ2v) is 3.27. The van der Waals surface area contributed by atoms with Gasteiger partial charge in [0.15, 0.2) is 6.10 Å². The van der Waals surface area contributed by atoms with Crippen LogP contribution in [0.5, 0.6) is 0 Å². The summed E-state index contributed by atoms with van der Waals surface area (Å²) in [6.45, 7) is 1.79. The first-order valence-corrected chi connectivity index (χ1v) is 4.57. The molecule has 1 aromatic rings. The summed E-state index contributed by atoms with van der Waals surface area (Å²) in [5.74, 6) is -0.842. The predicted octanol–water partition coefficient (Wildman–Crippen LogP) is 0.562. The van der Waals surface area contributed by atoms with E-state index in [1.165, 1.54) is 0 Å². The second-order valence-electron chi connectivity index (χ2n) is 3.27. The highest BCUT2D eigenvalue weighted by Gasteiger charge is 2.27. The van der Waals surface area contributed by atoms with Crippen molar-refractivity contribution in [3.63, 3.8) is 0 Å². The summed E-state index contributed by atoms with van der Waals surface area (Å²) in [7, 11) is 1.16. The van der Waals surface area contributed by atoms with Crippen molar-refractivity contribution in [1.82, 2.24) is 0 Å². The van der Waals surface area contributed by atoms with Gasteiger partial charge in [-0.05, 0) is 18.1 Å². The molecule has 4 heteroatoms. The molecule has 0 amide bonds. The minimum absolute atomic E-state index is 0.524. The summed E-state index contributed by atoms with van der Waals surface area (Å²) < 4.78 is 4.35. The molecule has 0 heterocycles. The molecule has 0 saturated heterocycles.